The van der Waals surface area contributed by atoms with Crippen molar-refractivity contribution in [1.82, 2.24) is 0 Å². The van der Waals surface area contributed by atoms with Gasteiger partial charge in [-0.05, 0) is 30.0 Å². The number of hydrogen-bond donors (Lipinski definition) is 0. The van der Waals surface area contributed by atoms with Gasteiger partial charge in [0, 0.05) is 15.4 Å². The highest BCUT2D eigenvalue weighted by atomic mass is 32.2. The summed E-state index contributed by atoms with van der Waals surface area (Å²) in [5, 5.41) is 3.33. The van der Waals surface area contributed by atoms with Gasteiger partial charge in [0.2, 0.25) is 0 Å². The Labute approximate surface area is 87.1 Å². The van der Waals surface area contributed by atoms with Gasteiger partial charge in [-0.1, -0.05) is 23.0 Å². The average Bonchev–Trinajstić information content (AvgIpc) is 2.25. The van der Waals surface area contributed by atoms with E-state index >= 15 is 0 Å². The molecule has 70 valence electrons. The second kappa shape index (κ2) is 5.98. The summed E-state index contributed by atoms with van der Waals surface area (Å²) in [6.07, 6.45) is 2.02. The maximum atomic E-state index is 8.03. The number of azide groups is 1. The predicted molar refractivity (Wildman–Crippen MR) is 59.1 cm³/mol. The SMILES string of the molecule is CSc1cccc(C#CCN=[N+]=[N-])c1. The minimum Gasteiger partial charge on any atom is -0.130 e. The van der Waals surface area contributed by atoms with E-state index in [0.717, 1.165) is 5.56 Å². The highest BCUT2D eigenvalue weighted by Crippen LogP contribution is 2.14. The Hall–Kier alpha value is -1.56. The lowest BCUT2D eigenvalue weighted by atomic mass is 10.2. The molecule has 0 N–H and O–H groups in total. The molecule has 0 atom stereocenters. The Morgan fingerprint density at radius 1 is 1.57 bits per heavy atom. The second-order valence-electron chi connectivity index (χ2n) is 2.42. The van der Waals surface area contributed by atoms with Crippen LogP contribution < -0.4 is 0 Å². The molecule has 0 fully saturated rings. The molecule has 1 aromatic carbocycles. The van der Waals surface area contributed by atoms with E-state index in [1.165, 1.54) is 4.90 Å². The van der Waals surface area contributed by atoms with Gasteiger partial charge in [-0.25, -0.2) is 0 Å². The van der Waals surface area contributed by atoms with Crippen LogP contribution in [0.3, 0.4) is 0 Å². The Morgan fingerprint density at radius 2 is 2.43 bits per heavy atom. The molecule has 0 unspecified atom stereocenters. The molecule has 0 heterocycles. The summed E-state index contributed by atoms with van der Waals surface area (Å²) in [5.74, 6) is 5.70. The van der Waals surface area contributed by atoms with Gasteiger partial charge in [0.15, 0.2) is 0 Å². The molecule has 0 aromatic heterocycles. The van der Waals surface area contributed by atoms with E-state index in [9.17, 15) is 0 Å². The molecular formula is C10H9N3S. The minimum atomic E-state index is 0.222. The summed E-state index contributed by atoms with van der Waals surface area (Å²) in [7, 11) is 0. The molecule has 0 amide bonds. The smallest absolute Gasteiger partial charge is 0.0880 e. The zero-order valence-electron chi connectivity index (χ0n) is 7.77. The first-order chi connectivity index (χ1) is 6.86. The lowest BCUT2D eigenvalue weighted by Crippen LogP contribution is -1.76. The van der Waals surface area contributed by atoms with E-state index in [0.29, 0.717) is 0 Å². The first kappa shape index (κ1) is 10.5. The van der Waals surface area contributed by atoms with Gasteiger partial charge < -0.3 is 0 Å². The van der Waals surface area contributed by atoms with Crippen molar-refractivity contribution in [1.29, 1.82) is 0 Å². The van der Waals surface area contributed by atoms with Crippen LogP contribution in [0.15, 0.2) is 34.3 Å². The number of benzene rings is 1. The van der Waals surface area contributed by atoms with Gasteiger partial charge in [0.25, 0.3) is 0 Å². The van der Waals surface area contributed by atoms with E-state index in [2.05, 4.69) is 21.9 Å². The quantitative estimate of drug-likeness (QED) is 0.239. The molecule has 0 saturated heterocycles. The fourth-order valence-electron chi connectivity index (χ4n) is 0.909. The summed E-state index contributed by atoms with van der Waals surface area (Å²) >= 11 is 1.68. The zero-order chi connectivity index (χ0) is 10.2. The van der Waals surface area contributed by atoms with E-state index in [4.69, 9.17) is 5.53 Å². The molecule has 0 aliphatic carbocycles. The van der Waals surface area contributed by atoms with Crippen molar-refractivity contribution in [2.75, 3.05) is 12.8 Å². The van der Waals surface area contributed by atoms with Gasteiger partial charge in [-0.3, -0.25) is 0 Å². The number of thioether (sulfide) groups is 1. The van der Waals surface area contributed by atoms with Crippen molar-refractivity contribution in [3.63, 3.8) is 0 Å². The van der Waals surface area contributed by atoms with Gasteiger partial charge in [-0.2, -0.15) is 0 Å². The molecule has 4 heteroatoms. The van der Waals surface area contributed by atoms with Gasteiger partial charge >= 0.3 is 0 Å². The van der Waals surface area contributed by atoms with Crippen molar-refractivity contribution in [2.45, 2.75) is 4.90 Å². The Kier molecular flexibility index (Phi) is 4.49. The molecular weight excluding hydrogens is 194 g/mol. The standard InChI is InChI=1S/C10H9N3S/c1-14-10-6-2-4-9(8-10)5-3-7-12-13-11/h2,4,6,8H,7H2,1H3. The molecule has 0 saturated carbocycles. The third kappa shape index (κ3) is 3.44. The van der Waals surface area contributed by atoms with Crippen molar-refractivity contribution < 1.29 is 0 Å². The van der Waals surface area contributed by atoms with Crippen LogP contribution in [-0.2, 0) is 0 Å². The van der Waals surface area contributed by atoms with Crippen LogP contribution in [0.1, 0.15) is 5.56 Å². The van der Waals surface area contributed by atoms with Gasteiger partial charge in [0.1, 0.15) is 0 Å². The fourth-order valence-corrected chi connectivity index (χ4v) is 1.37. The normalized spacial score (nSPS) is 8.36. The average molecular weight is 203 g/mol. The summed E-state index contributed by atoms with van der Waals surface area (Å²) < 4.78 is 0. The van der Waals surface area contributed by atoms with Crippen LogP contribution >= 0.6 is 11.8 Å². The summed E-state index contributed by atoms with van der Waals surface area (Å²) in [4.78, 5) is 3.80. The Balaban J connectivity index is 2.73. The molecule has 3 nitrogen and oxygen atoms in total. The van der Waals surface area contributed by atoms with Crippen LogP contribution in [0, 0.1) is 11.8 Å². The number of rotatable bonds is 2. The number of nitrogens with zero attached hydrogens (tertiary/aromatic N) is 3. The first-order valence-corrected chi connectivity index (χ1v) is 5.23. The van der Waals surface area contributed by atoms with Gasteiger partial charge in [0.05, 0.1) is 6.54 Å². The van der Waals surface area contributed by atoms with Crippen LogP contribution in [0.2, 0.25) is 0 Å². The van der Waals surface area contributed by atoms with E-state index in [1.54, 1.807) is 11.8 Å². The third-order valence-corrected chi connectivity index (χ3v) is 2.24. The molecule has 1 aromatic rings. The maximum absolute atomic E-state index is 8.03. The summed E-state index contributed by atoms with van der Waals surface area (Å²) in [5.41, 5.74) is 8.98. The number of hydrogen-bond acceptors (Lipinski definition) is 2. The molecule has 1 rings (SSSR count). The Morgan fingerprint density at radius 3 is 3.14 bits per heavy atom. The van der Waals surface area contributed by atoms with Crippen molar-refractivity contribution in [2.24, 2.45) is 5.11 Å². The molecule has 0 spiro atoms. The lowest BCUT2D eigenvalue weighted by molar-refractivity contribution is 1.25. The maximum Gasteiger partial charge on any atom is 0.0880 e. The second-order valence-corrected chi connectivity index (χ2v) is 3.30. The van der Waals surface area contributed by atoms with E-state index < -0.39 is 0 Å². The third-order valence-electron chi connectivity index (χ3n) is 1.52. The minimum absolute atomic E-state index is 0.222. The molecule has 0 aliphatic rings. The van der Waals surface area contributed by atoms with Crippen LogP contribution in [0.5, 0.6) is 0 Å². The first-order valence-electron chi connectivity index (χ1n) is 4.00. The predicted octanol–water partition coefficient (Wildman–Crippen LogP) is 3.07. The van der Waals surface area contributed by atoms with Crippen LogP contribution in [-0.4, -0.2) is 12.8 Å². The lowest BCUT2D eigenvalue weighted by Gasteiger charge is -1.94. The fraction of sp³-hybridized carbons (Fsp3) is 0.200. The summed E-state index contributed by atoms with van der Waals surface area (Å²) in [6, 6.07) is 7.93. The van der Waals surface area contributed by atoms with Crippen LogP contribution in [0.25, 0.3) is 10.4 Å². The van der Waals surface area contributed by atoms with Crippen molar-refractivity contribution in [3.05, 3.63) is 40.3 Å². The highest BCUT2D eigenvalue weighted by Gasteiger charge is 1.89. The zero-order valence-corrected chi connectivity index (χ0v) is 8.58. The molecule has 0 radical (unpaired) electrons. The van der Waals surface area contributed by atoms with Crippen molar-refractivity contribution >= 4 is 11.8 Å². The van der Waals surface area contributed by atoms with Gasteiger partial charge in [-0.15, -0.1) is 11.8 Å². The molecule has 14 heavy (non-hydrogen) atoms. The van der Waals surface area contributed by atoms with Crippen LogP contribution in [0.4, 0.5) is 0 Å². The van der Waals surface area contributed by atoms with E-state index in [1.807, 2.05) is 30.5 Å². The summed E-state index contributed by atoms with van der Waals surface area (Å²) in [6.45, 7) is 0.222. The largest absolute Gasteiger partial charge is 0.130 e. The van der Waals surface area contributed by atoms with E-state index in [-0.39, 0.29) is 6.54 Å². The van der Waals surface area contributed by atoms with Crippen molar-refractivity contribution in [3.8, 4) is 11.8 Å². The molecule has 0 aliphatic heterocycles. The monoisotopic (exact) mass is 203 g/mol. The topological polar surface area (TPSA) is 48.8 Å². The Bertz CT molecular complexity index is 411. The highest BCUT2D eigenvalue weighted by molar-refractivity contribution is 7.98. The molecule has 0 bridgehead atoms.